The maximum absolute atomic E-state index is 12.3. The molecule has 2 aromatic rings. The van der Waals surface area contributed by atoms with Gasteiger partial charge in [0.25, 0.3) is 15.7 Å². The van der Waals surface area contributed by atoms with Gasteiger partial charge in [0.05, 0.1) is 10.6 Å². The van der Waals surface area contributed by atoms with Crippen LogP contribution in [0.25, 0.3) is 0 Å². The first-order valence-electron chi connectivity index (χ1n) is 5.45. The first kappa shape index (κ1) is 14.3. The number of thiophene rings is 1. The Morgan fingerprint density at radius 1 is 1.25 bits per heavy atom. The van der Waals surface area contributed by atoms with Crippen LogP contribution in [-0.4, -0.2) is 20.4 Å². The van der Waals surface area contributed by atoms with Crippen molar-refractivity contribution in [3.63, 3.8) is 0 Å². The topological polar surface area (TPSA) is 101 Å². The van der Waals surface area contributed by atoms with Crippen LogP contribution >= 0.6 is 11.3 Å². The first-order valence-corrected chi connectivity index (χ1v) is 7.88. The summed E-state index contributed by atoms with van der Waals surface area (Å²) in [5.74, 6) is 0. The molecule has 9 heteroatoms. The molecule has 0 unspecified atom stereocenters. The highest BCUT2D eigenvalue weighted by Crippen LogP contribution is 2.29. The van der Waals surface area contributed by atoms with Crippen molar-refractivity contribution < 1.29 is 13.3 Å². The fraction of sp³-hybridized carbons (Fsp3) is 0.0909. The van der Waals surface area contributed by atoms with E-state index in [0.717, 1.165) is 6.07 Å². The van der Waals surface area contributed by atoms with Crippen molar-refractivity contribution in [3.05, 3.63) is 45.1 Å². The Morgan fingerprint density at radius 3 is 2.55 bits per heavy atom. The third kappa shape index (κ3) is 2.89. The molecule has 1 heterocycles. The number of nitro groups is 1. The average molecular weight is 313 g/mol. The van der Waals surface area contributed by atoms with Crippen LogP contribution in [0.4, 0.5) is 17.1 Å². The summed E-state index contributed by atoms with van der Waals surface area (Å²) >= 11 is 1.32. The molecule has 0 amide bonds. The molecule has 0 spiro atoms. The fourth-order valence-corrected chi connectivity index (χ4v) is 3.48. The van der Waals surface area contributed by atoms with Crippen LogP contribution < -0.4 is 10.0 Å². The number of sulfonamides is 1. The molecule has 1 aromatic carbocycles. The number of hydrogen-bond acceptors (Lipinski definition) is 6. The van der Waals surface area contributed by atoms with Crippen molar-refractivity contribution in [2.45, 2.75) is 4.90 Å². The largest absolute Gasteiger partial charge is 0.388 e. The van der Waals surface area contributed by atoms with Crippen LogP contribution in [0.5, 0.6) is 0 Å². The fourth-order valence-electron chi connectivity index (χ4n) is 1.57. The zero-order valence-electron chi connectivity index (χ0n) is 10.4. The van der Waals surface area contributed by atoms with E-state index in [1.807, 2.05) is 0 Å². The highest BCUT2D eigenvalue weighted by atomic mass is 32.2. The zero-order valence-corrected chi connectivity index (χ0v) is 12.0. The molecule has 0 radical (unpaired) electrons. The minimum Gasteiger partial charge on any atom is -0.388 e. The first-order chi connectivity index (χ1) is 9.44. The Kier molecular flexibility index (Phi) is 3.91. The lowest BCUT2D eigenvalue weighted by Gasteiger charge is -2.08. The molecule has 106 valence electrons. The smallest absolute Gasteiger partial charge is 0.290 e. The summed E-state index contributed by atoms with van der Waals surface area (Å²) in [5.41, 5.74) is 0.382. The quantitative estimate of drug-likeness (QED) is 0.652. The van der Waals surface area contributed by atoms with Crippen LogP contribution in [0.2, 0.25) is 0 Å². The van der Waals surface area contributed by atoms with E-state index < -0.39 is 20.6 Å². The molecule has 0 aliphatic rings. The maximum Gasteiger partial charge on any atom is 0.290 e. The molecule has 0 saturated heterocycles. The highest BCUT2D eigenvalue weighted by Gasteiger charge is 2.26. The number of benzene rings is 1. The third-order valence-corrected chi connectivity index (χ3v) is 4.60. The summed E-state index contributed by atoms with van der Waals surface area (Å²) in [6, 6.07) is 5.42. The Labute approximate surface area is 119 Å². The van der Waals surface area contributed by atoms with Gasteiger partial charge in [-0.25, -0.2) is 8.42 Å². The summed E-state index contributed by atoms with van der Waals surface area (Å²) in [6.07, 6.45) is 0. The maximum atomic E-state index is 12.3. The van der Waals surface area contributed by atoms with Gasteiger partial charge in [0.2, 0.25) is 0 Å². The molecule has 20 heavy (non-hydrogen) atoms. The summed E-state index contributed by atoms with van der Waals surface area (Å²) < 4.78 is 26.8. The Bertz CT molecular complexity index is 726. The average Bonchev–Trinajstić information content (AvgIpc) is 2.90. The lowest BCUT2D eigenvalue weighted by Crippen LogP contribution is -2.14. The molecule has 0 aliphatic heterocycles. The molecule has 0 fully saturated rings. The van der Waals surface area contributed by atoms with Gasteiger partial charge in [-0.15, -0.1) is 0 Å². The van der Waals surface area contributed by atoms with Gasteiger partial charge in [0.1, 0.15) is 0 Å². The van der Waals surface area contributed by atoms with E-state index in [1.165, 1.54) is 23.5 Å². The predicted octanol–water partition coefficient (Wildman–Crippen LogP) is 2.50. The number of rotatable bonds is 5. The van der Waals surface area contributed by atoms with Crippen molar-refractivity contribution in [2.75, 3.05) is 17.1 Å². The second-order valence-corrected chi connectivity index (χ2v) is 6.24. The Hall–Kier alpha value is -2.13. The van der Waals surface area contributed by atoms with E-state index >= 15 is 0 Å². The zero-order chi connectivity index (χ0) is 14.8. The standard InChI is InChI=1S/C11H11N3O4S2/c1-12-8-2-3-10(14(15)16)11(6-8)20(17,18)13-9-4-5-19-7-9/h2-7,12-13H,1H3. The molecule has 0 saturated carbocycles. The van der Waals surface area contributed by atoms with Crippen molar-refractivity contribution in [2.24, 2.45) is 0 Å². The molecule has 0 atom stereocenters. The van der Waals surface area contributed by atoms with E-state index in [1.54, 1.807) is 23.9 Å². The molecular weight excluding hydrogens is 302 g/mol. The minimum absolute atomic E-state index is 0.374. The van der Waals surface area contributed by atoms with Gasteiger partial charge in [-0.1, -0.05) is 0 Å². The normalized spacial score (nSPS) is 11.1. The van der Waals surface area contributed by atoms with Gasteiger partial charge in [-0.05, 0) is 23.6 Å². The molecule has 7 nitrogen and oxygen atoms in total. The summed E-state index contributed by atoms with van der Waals surface area (Å²) in [6.45, 7) is 0. The SMILES string of the molecule is CNc1ccc([N+](=O)[O-])c(S(=O)(=O)Nc2ccsc2)c1. The van der Waals surface area contributed by atoms with Gasteiger partial charge in [-0.3, -0.25) is 14.8 Å². The number of anilines is 2. The Balaban J connectivity index is 2.51. The van der Waals surface area contributed by atoms with Crippen LogP contribution in [0.1, 0.15) is 0 Å². The molecule has 2 N–H and O–H groups in total. The number of nitrogens with zero attached hydrogens (tertiary/aromatic N) is 1. The lowest BCUT2D eigenvalue weighted by atomic mass is 10.3. The van der Waals surface area contributed by atoms with E-state index in [4.69, 9.17) is 0 Å². The van der Waals surface area contributed by atoms with Crippen LogP contribution in [0.15, 0.2) is 39.9 Å². The van der Waals surface area contributed by atoms with Crippen LogP contribution in [-0.2, 0) is 10.0 Å². The van der Waals surface area contributed by atoms with E-state index in [-0.39, 0.29) is 4.90 Å². The van der Waals surface area contributed by atoms with Gasteiger partial charge < -0.3 is 5.32 Å². The number of nitro benzene ring substituents is 1. The second-order valence-electron chi connectivity index (χ2n) is 3.81. The van der Waals surface area contributed by atoms with Gasteiger partial charge >= 0.3 is 0 Å². The van der Waals surface area contributed by atoms with Gasteiger partial charge in [0, 0.05) is 24.2 Å². The number of hydrogen-bond donors (Lipinski definition) is 2. The van der Waals surface area contributed by atoms with Gasteiger partial charge in [-0.2, -0.15) is 11.3 Å². The van der Waals surface area contributed by atoms with Crippen molar-refractivity contribution in [3.8, 4) is 0 Å². The molecule has 1 aromatic heterocycles. The van der Waals surface area contributed by atoms with E-state index in [0.29, 0.717) is 11.4 Å². The summed E-state index contributed by atoms with van der Waals surface area (Å²) in [4.78, 5) is 9.87. The summed E-state index contributed by atoms with van der Waals surface area (Å²) in [7, 11) is -2.42. The molecular formula is C11H11N3O4S2. The molecule has 2 rings (SSSR count). The predicted molar refractivity (Wildman–Crippen MR) is 77.8 cm³/mol. The van der Waals surface area contributed by atoms with Crippen LogP contribution in [0.3, 0.4) is 0 Å². The minimum atomic E-state index is -4.02. The van der Waals surface area contributed by atoms with Crippen molar-refractivity contribution in [1.29, 1.82) is 0 Å². The van der Waals surface area contributed by atoms with Crippen LogP contribution in [0, 0.1) is 10.1 Å². The number of nitrogens with one attached hydrogen (secondary N) is 2. The van der Waals surface area contributed by atoms with E-state index in [9.17, 15) is 18.5 Å². The van der Waals surface area contributed by atoms with E-state index in [2.05, 4.69) is 10.0 Å². The molecule has 0 aliphatic carbocycles. The molecule has 0 bridgehead atoms. The highest BCUT2D eigenvalue weighted by molar-refractivity contribution is 7.92. The van der Waals surface area contributed by atoms with Gasteiger partial charge in [0.15, 0.2) is 4.90 Å². The Morgan fingerprint density at radius 2 is 2.00 bits per heavy atom. The summed E-state index contributed by atoms with van der Waals surface area (Å²) in [5, 5.41) is 17.0. The second kappa shape index (κ2) is 5.47. The van der Waals surface area contributed by atoms with Crippen molar-refractivity contribution >= 4 is 38.4 Å². The monoisotopic (exact) mass is 313 g/mol. The lowest BCUT2D eigenvalue weighted by molar-refractivity contribution is -0.387. The van der Waals surface area contributed by atoms with Crippen molar-refractivity contribution in [1.82, 2.24) is 0 Å². The third-order valence-electron chi connectivity index (χ3n) is 2.51.